The van der Waals surface area contributed by atoms with Gasteiger partial charge >= 0.3 is 13.8 Å². The lowest BCUT2D eigenvalue weighted by atomic mass is 9.85. The van der Waals surface area contributed by atoms with E-state index in [9.17, 15) is 39.8 Å². The molecular weight excluding hydrogens is 787 g/mol. The van der Waals surface area contributed by atoms with Gasteiger partial charge in [-0.15, -0.1) is 0 Å². The Morgan fingerprint density at radius 3 is 1.42 bits per heavy atom. The number of hydrogen-bond acceptors (Lipinski definition) is 11. The summed E-state index contributed by atoms with van der Waals surface area (Å²) in [6, 6.07) is 0. The SMILES string of the molecule is CCCCCC/C=C\C/C=C\CCCCCCCC(=O)OC(COCCCCCCCCCCCCCCCCCCC)COP(=O)(O)OC1C(O)C(O)C(O)C(O)C1O. The van der Waals surface area contributed by atoms with Gasteiger partial charge in [0.25, 0.3) is 0 Å². The molecule has 0 saturated heterocycles. The van der Waals surface area contributed by atoms with Crippen LogP contribution in [0.2, 0.25) is 0 Å². The molecule has 1 saturated carbocycles. The molecule has 60 heavy (non-hydrogen) atoms. The molecule has 6 N–H and O–H groups in total. The highest BCUT2D eigenvalue weighted by Gasteiger charge is 2.51. The van der Waals surface area contributed by atoms with Crippen LogP contribution in [0.15, 0.2) is 24.3 Å². The highest BCUT2D eigenvalue weighted by atomic mass is 31.2. The second-order valence-electron chi connectivity index (χ2n) is 17.0. The van der Waals surface area contributed by atoms with Gasteiger partial charge in [-0.3, -0.25) is 13.8 Å². The quantitative estimate of drug-likeness (QED) is 0.0148. The third-order valence-electron chi connectivity index (χ3n) is 11.3. The molecule has 0 bridgehead atoms. The van der Waals surface area contributed by atoms with Crippen LogP contribution in [-0.4, -0.2) is 98.9 Å². The zero-order valence-electron chi connectivity index (χ0n) is 37.8. The van der Waals surface area contributed by atoms with E-state index < -0.39 is 63.1 Å². The number of ether oxygens (including phenoxy) is 2. The Hall–Kier alpha value is -1.18. The van der Waals surface area contributed by atoms with E-state index in [2.05, 4.69) is 38.2 Å². The van der Waals surface area contributed by atoms with Gasteiger partial charge in [-0.2, -0.15) is 0 Å². The summed E-state index contributed by atoms with van der Waals surface area (Å²) in [5.74, 6) is -0.488. The Kier molecular flexibility index (Phi) is 36.3. The Morgan fingerprint density at radius 1 is 0.533 bits per heavy atom. The van der Waals surface area contributed by atoms with Crippen LogP contribution in [0.4, 0.5) is 0 Å². The van der Waals surface area contributed by atoms with E-state index in [0.717, 1.165) is 64.2 Å². The van der Waals surface area contributed by atoms with Gasteiger partial charge in [0.15, 0.2) is 0 Å². The van der Waals surface area contributed by atoms with Crippen LogP contribution < -0.4 is 0 Å². The van der Waals surface area contributed by atoms with Crippen LogP contribution in [0.5, 0.6) is 0 Å². The van der Waals surface area contributed by atoms with Crippen molar-refractivity contribution in [2.75, 3.05) is 19.8 Å². The molecule has 0 spiro atoms. The van der Waals surface area contributed by atoms with E-state index in [1.165, 1.54) is 116 Å². The molecule has 6 atom stereocenters. The summed E-state index contributed by atoms with van der Waals surface area (Å²) < 4.78 is 34.2. The number of allylic oxidation sites excluding steroid dienone is 4. The molecule has 0 heterocycles. The standard InChI is InChI=1S/C47H89O12P/c1-3-5-7-9-11-13-15-17-19-21-23-25-27-29-31-33-35-37-56-38-40(39-57-60(54,55)59-47-45(52)43(50)42(49)44(51)46(47)53)58-41(48)36-34-32-30-28-26-24-22-20-18-16-14-12-10-8-6-4-2/h14,16,20,22,40,42-47,49-53H,3-13,15,17-19,21,23-39H2,1-2H3,(H,54,55)/b16-14-,22-20-. The minimum atomic E-state index is -5.02. The molecule has 1 aliphatic carbocycles. The highest BCUT2D eigenvalue weighted by molar-refractivity contribution is 7.47. The Morgan fingerprint density at radius 2 is 0.933 bits per heavy atom. The smallest absolute Gasteiger partial charge is 0.457 e. The fourth-order valence-electron chi connectivity index (χ4n) is 7.45. The van der Waals surface area contributed by atoms with Crippen LogP contribution in [0.1, 0.15) is 206 Å². The third-order valence-corrected chi connectivity index (χ3v) is 12.3. The van der Waals surface area contributed by atoms with Crippen LogP contribution in [0.25, 0.3) is 0 Å². The second-order valence-corrected chi connectivity index (χ2v) is 18.4. The molecule has 354 valence electrons. The van der Waals surface area contributed by atoms with Gasteiger partial charge in [0.2, 0.25) is 0 Å². The summed E-state index contributed by atoms with van der Waals surface area (Å²) in [5, 5.41) is 50.2. The van der Waals surface area contributed by atoms with Gasteiger partial charge in [0.1, 0.15) is 42.7 Å². The van der Waals surface area contributed by atoms with Crippen molar-refractivity contribution in [2.45, 2.75) is 249 Å². The van der Waals surface area contributed by atoms with Gasteiger partial charge in [-0.05, 0) is 44.9 Å². The highest BCUT2D eigenvalue weighted by Crippen LogP contribution is 2.47. The van der Waals surface area contributed by atoms with Crippen molar-refractivity contribution in [2.24, 2.45) is 0 Å². The van der Waals surface area contributed by atoms with Crippen LogP contribution >= 0.6 is 7.82 Å². The zero-order valence-corrected chi connectivity index (χ0v) is 38.7. The summed E-state index contributed by atoms with van der Waals surface area (Å²) in [7, 11) is -5.02. The van der Waals surface area contributed by atoms with Crippen molar-refractivity contribution in [3.63, 3.8) is 0 Å². The summed E-state index contributed by atoms with van der Waals surface area (Å²) in [6.07, 6.45) is 31.0. The molecule has 1 rings (SSSR count). The van der Waals surface area contributed by atoms with Crippen molar-refractivity contribution in [3.05, 3.63) is 24.3 Å². The van der Waals surface area contributed by atoms with E-state index >= 15 is 0 Å². The number of aliphatic hydroxyl groups excluding tert-OH is 5. The Labute approximate surface area is 364 Å². The maximum absolute atomic E-state index is 12.8. The zero-order chi connectivity index (χ0) is 44.1. The van der Waals surface area contributed by atoms with Gasteiger partial charge in [-0.25, -0.2) is 4.57 Å². The number of rotatable bonds is 41. The molecule has 1 aliphatic rings. The predicted molar refractivity (Wildman–Crippen MR) is 240 cm³/mol. The van der Waals surface area contributed by atoms with Gasteiger partial charge in [0, 0.05) is 13.0 Å². The van der Waals surface area contributed by atoms with Crippen molar-refractivity contribution in [1.29, 1.82) is 0 Å². The molecule has 0 radical (unpaired) electrons. The number of esters is 1. The van der Waals surface area contributed by atoms with E-state index in [1.54, 1.807) is 0 Å². The van der Waals surface area contributed by atoms with Crippen LogP contribution in [0, 0.1) is 0 Å². The Bertz CT molecular complexity index is 1090. The molecule has 13 heteroatoms. The average Bonchev–Trinajstić information content (AvgIpc) is 3.23. The number of unbranched alkanes of at least 4 members (excludes halogenated alkanes) is 25. The first-order valence-electron chi connectivity index (χ1n) is 24.2. The van der Waals surface area contributed by atoms with Crippen LogP contribution in [0.3, 0.4) is 0 Å². The summed E-state index contributed by atoms with van der Waals surface area (Å²) in [4.78, 5) is 23.2. The average molecular weight is 877 g/mol. The summed E-state index contributed by atoms with van der Waals surface area (Å²) in [6.45, 7) is 4.25. The molecule has 0 aromatic heterocycles. The predicted octanol–water partition coefficient (Wildman–Crippen LogP) is 10.1. The number of carbonyl (C=O) groups excluding carboxylic acids is 1. The maximum Gasteiger partial charge on any atom is 0.472 e. The number of phosphoric ester groups is 1. The number of aliphatic hydroxyl groups is 5. The first-order valence-corrected chi connectivity index (χ1v) is 25.7. The lowest BCUT2D eigenvalue weighted by molar-refractivity contribution is -0.220. The topological polar surface area (TPSA) is 192 Å². The fraction of sp³-hybridized carbons (Fsp3) is 0.894. The minimum Gasteiger partial charge on any atom is -0.457 e. The molecule has 0 aromatic carbocycles. The molecule has 1 fully saturated rings. The molecule has 6 unspecified atom stereocenters. The van der Waals surface area contributed by atoms with Gasteiger partial charge in [0.05, 0.1) is 13.2 Å². The first-order chi connectivity index (χ1) is 29.0. The first kappa shape index (κ1) is 56.8. The fourth-order valence-corrected chi connectivity index (χ4v) is 8.42. The van der Waals surface area contributed by atoms with E-state index in [4.69, 9.17) is 18.5 Å². The molecule has 12 nitrogen and oxygen atoms in total. The molecule has 0 aromatic rings. The number of hydrogen-bond donors (Lipinski definition) is 6. The molecule has 0 aliphatic heterocycles. The number of carbonyl (C=O) groups is 1. The monoisotopic (exact) mass is 877 g/mol. The lowest BCUT2D eigenvalue weighted by Gasteiger charge is -2.41. The van der Waals surface area contributed by atoms with E-state index in [-0.39, 0.29) is 13.0 Å². The normalized spacial score (nSPS) is 22.5. The lowest BCUT2D eigenvalue weighted by Crippen LogP contribution is -2.64. The van der Waals surface area contributed by atoms with Crippen molar-refractivity contribution in [1.82, 2.24) is 0 Å². The van der Waals surface area contributed by atoms with E-state index in [0.29, 0.717) is 13.0 Å². The van der Waals surface area contributed by atoms with E-state index in [1.807, 2.05) is 0 Å². The number of phosphoric acid groups is 1. The summed E-state index contributed by atoms with van der Waals surface area (Å²) >= 11 is 0. The van der Waals surface area contributed by atoms with Crippen molar-refractivity contribution < 1.29 is 58.3 Å². The van der Waals surface area contributed by atoms with Gasteiger partial charge < -0.3 is 39.9 Å². The Balaban J connectivity index is 2.38. The largest absolute Gasteiger partial charge is 0.472 e. The second kappa shape index (κ2) is 38.3. The molecule has 0 amide bonds. The summed E-state index contributed by atoms with van der Waals surface area (Å²) in [5.41, 5.74) is 0. The van der Waals surface area contributed by atoms with Crippen molar-refractivity contribution >= 4 is 13.8 Å². The van der Waals surface area contributed by atoms with Crippen LogP contribution in [-0.2, 0) is 27.9 Å². The van der Waals surface area contributed by atoms with Gasteiger partial charge in [-0.1, -0.05) is 179 Å². The minimum absolute atomic E-state index is 0.0782. The maximum atomic E-state index is 12.8. The third kappa shape index (κ3) is 30.0. The molecular formula is C47H89O12P. The van der Waals surface area contributed by atoms with Crippen molar-refractivity contribution in [3.8, 4) is 0 Å².